The minimum atomic E-state index is -0.470. The third-order valence-electron chi connectivity index (χ3n) is 4.26. The fraction of sp³-hybridized carbons (Fsp3) is 0.917. The lowest BCUT2D eigenvalue weighted by Gasteiger charge is -2.49. The van der Waals surface area contributed by atoms with Crippen LogP contribution in [0.4, 0.5) is 0 Å². The molecule has 1 aliphatic carbocycles. The molecule has 4 nitrogen and oxygen atoms in total. The average molecular weight is 223 g/mol. The molecule has 0 aromatic rings. The van der Waals surface area contributed by atoms with Crippen molar-refractivity contribution in [2.24, 2.45) is 21.9 Å². The van der Waals surface area contributed by atoms with Gasteiger partial charge in [0, 0.05) is 10.3 Å². The number of hydrogen-bond acceptors (Lipinski definition) is 1. The van der Waals surface area contributed by atoms with Gasteiger partial charge in [-0.15, -0.1) is 0 Å². The summed E-state index contributed by atoms with van der Waals surface area (Å²) in [5.74, 6) is 0.0152. The summed E-state index contributed by atoms with van der Waals surface area (Å²) in [6.07, 6.45) is 3.97. The van der Waals surface area contributed by atoms with E-state index in [9.17, 15) is 4.79 Å². The molecule has 0 bridgehead atoms. The third kappa shape index (κ3) is 2.07. The molecule has 0 radical (unpaired) electrons. The van der Waals surface area contributed by atoms with Gasteiger partial charge < -0.3 is 0 Å². The van der Waals surface area contributed by atoms with Crippen LogP contribution in [0.3, 0.4) is 0 Å². The average Bonchev–Trinajstić information content (AvgIpc) is 2.17. The van der Waals surface area contributed by atoms with E-state index < -0.39 is 5.41 Å². The zero-order valence-electron chi connectivity index (χ0n) is 10.7. The predicted molar refractivity (Wildman–Crippen MR) is 63.7 cm³/mol. The fourth-order valence-corrected chi connectivity index (χ4v) is 3.54. The minimum Gasteiger partial charge on any atom is -0.292 e. The van der Waals surface area contributed by atoms with Crippen LogP contribution in [0.1, 0.15) is 53.4 Å². The molecule has 2 atom stereocenters. The van der Waals surface area contributed by atoms with Crippen LogP contribution in [0.2, 0.25) is 0 Å². The van der Waals surface area contributed by atoms with Crippen molar-refractivity contribution < 1.29 is 4.79 Å². The molecule has 1 amide bonds. The van der Waals surface area contributed by atoms with E-state index in [4.69, 9.17) is 5.53 Å². The third-order valence-corrected chi connectivity index (χ3v) is 4.26. The number of azide groups is 1. The first-order chi connectivity index (χ1) is 7.38. The van der Waals surface area contributed by atoms with E-state index in [-0.39, 0.29) is 11.3 Å². The van der Waals surface area contributed by atoms with E-state index in [0.29, 0.717) is 5.92 Å². The Labute approximate surface area is 97.0 Å². The molecule has 0 unspecified atom stereocenters. The van der Waals surface area contributed by atoms with Crippen LogP contribution in [0.15, 0.2) is 5.11 Å². The Balaban J connectivity index is 3.09. The zero-order chi connectivity index (χ0) is 12.4. The van der Waals surface area contributed by atoms with Crippen LogP contribution in [0, 0.1) is 16.7 Å². The second-order valence-corrected chi connectivity index (χ2v) is 5.72. The van der Waals surface area contributed by atoms with Crippen molar-refractivity contribution in [2.45, 2.75) is 53.4 Å². The smallest absolute Gasteiger partial charge is 0.225 e. The van der Waals surface area contributed by atoms with Crippen LogP contribution in [0.25, 0.3) is 10.4 Å². The van der Waals surface area contributed by atoms with Crippen LogP contribution in [-0.2, 0) is 4.79 Å². The second kappa shape index (κ2) is 4.46. The van der Waals surface area contributed by atoms with Gasteiger partial charge in [-0.1, -0.05) is 40.5 Å². The standard InChI is InChI=1S/C12H21N3O/c1-5-9-11(2,3)7-6-8-12(9,4)10(16)14-15-13/h9H,5-8H2,1-4H3/t9-,12+/m0/s1. The van der Waals surface area contributed by atoms with Gasteiger partial charge in [-0.05, 0) is 34.8 Å². The van der Waals surface area contributed by atoms with E-state index in [0.717, 1.165) is 25.7 Å². The highest BCUT2D eigenvalue weighted by molar-refractivity contribution is 5.83. The number of carbonyl (C=O) groups is 1. The zero-order valence-corrected chi connectivity index (χ0v) is 10.7. The molecule has 1 saturated carbocycles. The van der Waals surface area contributed by atoms with Crippen LogP contribution in [0.5, 0.6) is 0 Å². The molecular weight excluding hydrogens is 202 g/mol. The Hall–Kier alpha value is -1.02. The van der Waals surface area contributed by atoms with Crippen molar-refractivity contribution in [3.63, 3.8) is 0 Å². The first-order valence-electron chi connectivity index (χ1n) is 5.98. The van der Waals surface area contributed by atoms with E-state index in [1.165, 1.54) is 0 Å². The molecule has 0 spiro atoms. The SMILES string of the molecule is CC[C@H]1C(C)(C)CCC[C@@]1(C)C(=O)N=[N+]=[N-]. The van der Waals surface area contributed by atoms with E-state index in [1.807, 2.05) is 6.92 Å². The highest BCUT2D eigenvalue weighted by Crippen LogP contribution is 2.53. The summed E-state index contributed by atoms with van der Waals surface area (Å²) in [4.78, 5) is 14.6. The van der Waals surface area contributed by atoms with E-state index >= 15 is 0 Å². The van der Waals surface area contributed by atoms with E-state index in [2.05, 4.69) is 30.8 Å². The highest BCUT2D eigenvalue weighted by atomic mass is 16.2. The summed E-state index contributed by atoms with van der Waals surface area (Å²) in [6.45, 7) is 8.49. The van der Waals surface area contributed by atoms with Gasteiger partial charge in [0.25, 0.3) is 0 Å². The molecule has 16 heavy (non-hydrogen) atoms. The molecular formula is C12H21N3O. The molecule has 90 valence electrons. The molecule has 0 heterocycles. The van der Waals surface area contributed by atoms with Crippen LogP contribution in [-0.4, -0.2) is 5.91 Å². The highest BCUT2D eigenvalue weighted by Gasteiger charge is 2.49. The monoisotopic (exact) mass is 223 g/mol. The lowest BCUT2D eigenvalue weighted by Crippen LogP contribution is -2.45. The van der Waals surface area contributed by atoms with Gasteiger partial charge in [0.05, 0.1) is 0 Å². The molecule has 4 heteroatoms. The molecule has 0 aromatic carbocycles. The van der Waals surface area contributed by atoms with Crippen molar-refractivity contribution in [3.8, 4) is 0 Å². The maximum atomic E-state index is 12.0. The van der Waals surface area contributed by atoms with Crippen molar-refractivity contribution in [3.05, 3.63) is 10.4 Å². The molecule has 1 fully saturated rings. The van der Waals surface area contributed by atoms with E-state index in [1.54, 1.807) is 0 Å². The van der Waals surface area contributed by atoms with Crippen molar-refractivity contribution in [2.75, 3.05) is 0 Å². The van der Waals surface area contributed by atoms with Gasteiger partial charge in [-0.3, -0.25) is 4.79 Å². The normalized spacial score (nSPS) is 32.9. The Morgan fingerprint density at radius 2 is 2.06 bits per heavy atom. The molecule has 0 aliphatic heterocycles. The number of hydrogen-bond donors (Lipinski definition) is 0. The topological polar surface area (TPSA) is 65.8 Å². The Morgan fingerprint density at radius 1 is 1.44 bits per heavy atom. The summed E-state index contributed by atoms with van der Waals surface area (Å²) < 4.78 is 0. The lowest BCUT2D eigenvalue weighted by atomic mass is 9.55. The number of carbonyl (C=O) groups excluding carboxylic acids is 1. The van der Waals surface area contributed by atoms with Gasteiger partial charge in [-0.25, -0.2) is 0 Å². The molecule has 1 rings (SSSR count). The van der Waals surface area contributed by atoms with Crippen LogP contribution >= 0.6 is 0 Å². The first kappa shape index (κ1) is 13.0. The molecule has 0 saturated heterocycles. The second-order valence-electron chi connectivity index (χ2n) is 5.72. The Kier molecular flexibility index (Phi) is 3.64. The van der Waals surface area contributed by atoms with Gasteiger partial charge >= 0.3 is 0 Å². The van der Waals surface area contributed by atoms with Crippen molar-refractivity contribution in [1.82, 2.24) is 0 Å². The molecule has 0 N–H and O–H groups in total. The van der Waals surface area contributed by atoms with Gasteiger partial charge in [0.1, 0.15) is 0 Å². The summed E-state index contributed by atoms with van der Waals surface area (Å²) in [5.41, 5.74) is 8.09. The first-order valence-corrected chi connectivity index (χ1v) is 5.98. The Bertz CT molecular complexity index is 331. The quantitative estimate of drug-likeness (QED) is 0.395. The fourth-order valence-electron chi connectivity index (χ4n) is 3.54. The van der Waals surface area contributed by atoms with Gasteiger partial charge in [0.15, 0.2) is 0 Å². The number of rotatable bonds is 2. The lowest BCUT2D eigenvalue weighted by molar-refractivity contribution is -0.137. The molecule has 0 aromatic heterocycles. The van der Waals surface area contributed by atoms with Crippen LogP contribution < -0.4 is 0 Å². The van der Waals surface area contributed by atoms with Crippen molar-refractivity contribution >= 4 is 5.91 Å². The van der Waals surface area contributed by atoms with Gasteiger partial charge in [0.2, 0.25) is 5.91 Å². The van der Waals surface area contributed by atoms with Crippen molar-refractivity contribution in [1.29, 1.82) is 0 Å². The predicted octanol–water partition coefficient (Wildman–Crippen LogP) is 4.07. The Morgan fingerprint density at radius 3 is 2.56 bits per heavy atom. The molecule has 1 aliphatic rings. The summed E-state index contributed by atoms with van der Waals surface area (Å²) in [7, 11) is 0. The summed E-state index contributed by atoms with van der Waals surface area (Å²) in [6, 6.07) is 0. The minimum absolute atomic E-state index is 0.155. The van der Waals surface area contributed by atoms with Gasteiger partial charge in [-0.2, -0.15) is 0 Å². The summed E-state index contributed by atoms with van der Waals surface area (Å²) >= 11 is 0. The number of nitrogens with zero attached hydrogens (tertiary/aromatic N) is 3. The maximum absolute atomic E-state index is 12.0. The maximum Gasteiger partial charge on any atom is 0.225 e. The summed E-state index contributed by atoms with van der Waals surface area (Å²) in [5, 5.41) is 3.33. The largest absolute Gasteiger partial charge is 0.292 e. The number of amides is 1.